The predicted molar refractivity (Wildman–Crippen MR) is 169 cm³/mol. The summed E-state index contributed by atoms with van der Waals surface area (Å²) in [5.41, 5.74) is 0.940. The summed E-state index contributed by atoms with van der Waals surface area (Å²) in [5.74, 6) is 2.37. The number of rotatable bonds is 11. The van der Waals surface area contributed by atoms with Gasteiger partial charge in [-0.3, -0.25) is 9.59 Å². The van der Waals surface area contributed by atoms with Gasteiger partial charge in [0.05, 0.1) is 10.7 Å². The van der Waals surface area contributed by atoms with E-state index in [-0.39, 0.29) is 0 Å². The highest BCUT2D eigenvalue weighted by Crippen LogP contribution is 2.35. The van der Waals surface area contributed by atoms with Crippen LogP contribution in [-0.2, 0) is 14.3 Å². The first-order chi connectivity index (χ1) is 19.1. The number of nitrogens with one attached hydrogen (secondary N) is 2. The van der Waals surface area contributed by atoms with Gasteiger partial charge in [-0.05, 0) is 95.7 Å². The van der Waals surface area contributed by atoms with Gasteiger partial charge in [0.25, 0.3) is 5.91 Å². The first kappa shape index (κ1) is 34.1. The first-order valence-corrected chi connectivity index (χ1v) is 15.4. The molecule has 0 radical (unpaired) electrons. The van der Waals surface area contributed by atoms with Crippen LogP contribution in [-0.4, -0.2) is 52.0 Å². The average molecular weight is 600 g/mol. The van der Waals surface area contributed by atoms with Crippen molar-refractivity contribution in [2.24, 2.45) is 0 Å². The Balaban J connectivity index is 2.68. The smallest absolute Gasteiger partial charge is 0.408 e. The number of carbonyl (C=O) groups excluding carboxylic acids is 3. The van der Waals surface area contributed by atoms with Gasteiger partial charge in [0.15, 0.2) is 0 Å². The number of alkyl carbamates (subject to hydrolysis) is 1. The zero-order valence-electron chi connectivity index (χ0n) is 25.3. The summed E-state index contributed by atoms with van der Waals surface area (Å²) >= 11 is 8.02. The van der Waals surface area contributed by atoms with E-state index in [0.717, 1.165) is 5.56 Å². The summed E-state index contributed by atoms with van der Waals surface area (Å²) < 4.78 is 5.47. The third-order valence-corrected chi connectivity index (χ3v) is 7.68. The molecule has 2 rings (SSSR count). The van der Waals surface area contributed by atoms with Crippen molar-refractivity contribution in [2.75, 3.05) is 17.3 Å². The molecule has 2 aromatic carbocycles. The Bertz CT molecular complexity index is 1240. The minimum atomic E-state index is -1.06. The van der Waals surface area contributed by atoms with Crippen LogP contribution in [0.1, 0.15) is 77.1 Å². The number of nitrogens with zero attached hydrogens (tertiary/aromatic N) is 1. The fourth-order valence-electron chi connectivity index (χ4n) is 4.22. The zero-order valence-corrected chi connectivity index (χ0v) is 26.8. The van der Waals surface area contributed by atoms with Gasteiger partial charge < -0.3 is 20.3 Å². The molecule has 222 valence electrons. The molecule has 0 aliphatic rings. The van der Waals surface area contributed by atoms with Gasteiger partial charge in [-0.2, -0.15) is 11.8 Å². The SMILES string of the molecule is C#Cc1ccc(C(C(=O)Nc2c(C)cccc2Cl)N(C(=O)C(CCSC)NC(=O)OC(C)(C)C)C(C)(C)CC)cc1. The highest BCUT2D eigenvalue weighted by Gasteiger charge is 2.43. The van der Waals surface area contributed by atoms with E-state index in [2.05, 4.69) is 16.6 Å². The second kappa shape index (κ2) is 14.7. The number of halogens is 1. The molecule has 7 nitrogen and oxygen atoms in total. The molecule has 0 bridgehead atoms. The minimum absolute atomic E-state index is 0.351. The van der Waals surface area contributed by atoms with E-state index >= 15 is 0 Å². The van der Waals surface area contributed by atoms with Crippen LogP contribution >= 0.6 is 23.4 Å². The Morgan fingerprint density at radius 1 is 1.10 bits per heavy atom. The number of carbonyl (C=O) groups is 3. The Kier molecular flexibility index (Phi) is 12.2. The van der Waals surface area contributed by atoms with Crippen LogP contribution in [0.5, 0.6) is 0 Å². The molecule has 2 atom stereocenters. The molecule has 41 heavy (non-hydrogen) atoms. The van der Waals surface area contributed by atoms with Crippen molar-refractivity contribution in [3.8, 4) is 12.3 Å². The van der Waals surface area contributed by atoms with Crippen molar-refractivity contribution >= 4 is 47.0 Å². The molecular weight excluding hydrogens is 558 g/mol. The average Bonchev–Trinajstić information content (AvgIpc) is 2.90. The van der Waals surface area contributed by atoms with Gasteiger partial charge >= 0.3 is 6.09 Å². The molecule has 0 aliphatic heterocycles. The highest BCUT2D eigenvalue weighted by molar-refractivity contribution is 7.98. The summed E-state index contributed by atoms with van der Waals surface area (Å²) in [6.45, 7) is 12.9. The number of benzene rings is 2. The summed E-state index contributed by atoms with van der Waals surface area (Å²) in [4.78, 5) is 43.1. The number of hydrogen-bond acceptors (Lipinski definition) is 5. The first-order valence-electron chi connectivity index (χ1n) is 13.6. The fourth-order valence-corrected chi connectivity index (χ4v) is 4.96. The van der Waals surface area contributed by atoms with Crippen molar-refractivity contribution in [1.82, 2.24) is 10.2 Å². The molecule has 0 heterocycles. The standard InChI is InChI=1S/C32H42ClN3O4S/c1-10-22-15-17-23(18-16-22)27(28(37)35-26-21(3)13-12-14-24(26)33)36(32(7,8)11-2)29(38)25(19-20-41-9)34-30(39)40-31(4,5)6/h1,12-18,25,27H,11,19-20H2,2-9H3,(H,34,39)(H,35,37). The Labute approximate surface area is 254 Å². The molecule has 9 heteroatoms. The van der Waals surface area contributed by atoms with E-state index in [4.69, 9.17) is 22.8 Å². The molecule has 2 unspecified atom stereocenters. The number of terminal acetylenes is 1. The zero-order chi connectivity index (χ0) is 31.0. The molecule has 0 saturated carbocycles. The van der Waals surface area contributed by atoms with E-state index in [0.29, 0.717) is 40.4 Å². The Hall–Kier alpha value is -3.15. The van der Waals surface area contributed by atoms with E-state index in [1.165, 1.54) is 0 Å². The second-order valence-corrected chi connectivity index (χ2v) is 12.8. The van der Waals surface area contributed by atoms with E-state index in [9.17, 15) is 14.4 Å². The summed E-state index contributed by atoms with van der Waals surface area (Å²) in [6.07, 6.45) is 7.71. The summed E-state index contributed by atoms with van der Waals surface area (Å²) in [5, 5.41) is 6.13. The number of para-hydroxylation sites is 1. The van der Waals surface area contributed by atoms with Crippen LogP contribution < -0.4 is 10.6 Å². The molecule has 0 saturated heterocycles. The van der Waals surface area contributed by atoms with Crippen LogP contribution in [0.25, 0.3) is 0 Å². The lowest BCUT2D eigenvalue weighted by Gasteiger charge is -2.44. The molecule has 2 N–H and O–H groups in total. The van der Waals surface area contributed by atoms with Crippen LogP contribution in [0.15, 0.2) is 42.5 Å². The summed E-state index contributed by atoms with van der Waals surface area (Å²) in [7, 11) is 0. The molecule has 0 aliphatic carbocycles. The number of aryl methyl sites for hydroxylation is 1. The van der Waals surface area contributed by atoms with Gasteiger partial charge in [0, 0.05) is 11.1 Å². The number of ether oxygens (including phenoxy) is 1. The fraction of sp³-hybridized carbons (Fsp3) is 0.469. The monoisotopic (exact) mass is 599 g/mol. The lowest BCUT2D eigenvalue weighted by atomic mass is 9.91. The second-order valence-electron chi connectivity index (χ2n) is 11.4. The predicted octanol–water partition coefficient (Wildman–Crippen LogP) is 6.97. The minimum Gasteiger partial charge on any atom is -0.444 e. The number of anilines is 1. The van der Waals surface area contributed by atoms with Gasteiger partial charge in [-0.25, -0.2) is 4.79 Å². The van der Waals surface area contributed by atoms with Crippen molar-refractivity contribution in [3.05, 3.63) is 64.2 Å². The molecule has 0 fully saturated rings. The highest BCUT2D eigenvalue weighted by atomic mass is 35.5. The van der Waals surface area contributed by atoms with E-state index < -0.39 is 41.1 Å². The third kappa shape index (κ3) is 9.44. The molecule has 3 amide bonds. The van der Waals surface area contributed by atoms with Crippen molar-refractivity contribution in [1.29, 1.82) is 0 Å². The molecule has 0 spiro atoms. The number of thioether (sulfide) groups is 1. The van der Waals surface area contributed by atoms with Gasteiger partial charge in [-0.1, -0.05) is 48.7 Å². The van der Waals surface area contributed by atoms with Crippen molar-refractivity contribution in [2.45, 2.75) is 84.5 Å². The maximum absolute atomic E-state index is 14.5. The number of hydrogen-bond donors (Lipinski definition) is 2. The van der Waals surface area contributed by atoms with Crippen LogP contribution in [0.2, 0.25) is 5.02 Å². The Morgan fingerprint density at radius 2 is 1.73 bits per heavy atom. The van der Waals surface area contributed by atoms with E-state index in [1.54, 1.807) is 73.8 Å². The summed E-state index contributed by atoms with van der Waals surface area (Å²) in [6, 6.07) is 10.3. The topological polar surface area (TPSA) is 87.7 Å². The van der Waals surface area contributed by atoms with Crippen molar-refractivity contribution < 1.29 is 19.1 Å². The maximum Gasteiger partial charge on any atom is 0.408 e. The van der Waals surface area contributed by atoms with Crippen molar-refractivity contribution in [3.63, 3.8) is 0 Å². The van der Waals surface area contributed by atoms with Crippen LogP contribution in [0, 0.1) is 19.3 Å². The van der Waals surface area contributed by atoms with Gasteiger partial charge in [0.1, 0.15) is 17.7 Å². The Morgan fingerprint density at radius 3 is 2.24 bits per heavy atom. The number of amides is 3. The lowest BCUT2D eigenvalue weighted by molar-refractivity contribution is -0.147. The molecule has 0 aromatic heterocycles. The van der Waals surface area contributed by atoms with Gasteiger partial charge in [-0.15, -0.1) is 6.42 Å². The van der Waals surface area contributed by atoms with Crippen LogP contribution in [0.4, 0.5) is 10.5 Å². The van der Waals surface area contributed by atoms with Gasteiger partial charge in [0.2, 0.25) is 5.91 Å². The van der Waals surface area contributed by atoms with Crippen LogP contribution in [0.3, 0.4) is 0 Å². The lowest BCUT2D eigenvalue weighted by Crippen LogP contribution is -2.59. The largest absolute Gasteiger partial charge is 0.444 e. The van der Waals surface area contributed by atoms with E-state index in [1.807, 2.05) is 40.0 Å². The normalized spacial score (nSPS) is 13.0. The third-order valence-electron chi connectivity index (χ3n) is 6.72. The maximum atomic E-state index is 14.5. The molecule has 2 aromatic rings. The quantitative estimate of drug-likeness (QED) is 0.272. The molecular formula is C32H42ClN3O4S.